The van der Waals surface area contributed by atoms with Crippen LogP contribution in [0.3, 0.4) is 0 Å². The van der Waals surface area contributed by atoms with Gasteiger partial charge in [-0.25, -0.2) is 0 Å². The molecule has 4 aromatic carbocycles. The molecule has 0 N–H and O–H groups in total. The normalized spacial score (nSPS) is 10.4. The average Bonchev–Trinajstić information content (AvgIpc) is 2.83. The molecule has 4 aromatic rings. The van der Waals surface area contributed by atoms with Crippen molar-refractivity contribution in [2.24, 2.45) is 0 Å². The second kappa shape index (κ2) is 8.50. The maximum Gasteiger partial charge on any atom is 0.150 e. The van der Waals surface area contributed by atoms with Crippen molar-refractivity contribution >= 4 is 18.9 Å². The molecule has 0 radical (unpaired) electrons. The molecule has 0 amide bonds. The molecule has 0 aromatic heterocycles. The van der Waals surface area contributed by atoms with E-state index >= 15 is 0 Å². The number of carbonyl (C=O) groups is 3. The average molecular weight is 390 g/mol. The van der Waals surface area contributed by atoms with E-state index in [9.17, 15) is 14.4 Å². The third kappa shape index (κ3) is 3.74. The van der Waals surface area contributed by atoms with Crippen LogP contribution in [0.15, 0.2) is 91.0 Å². The van der Waals surface area contributed by atoms with Crippen LogP contribution in [0.4, 0.5) is 0 Å². The Morgan fingerprint density at radius 1 is 0.433 bits per heavy atom. The fourth-order valence-corrected chi connectivity index (χ4v) is 3.67. The van der Waals surface area contributed by atoms with E-state index < -0.39 is 0 Å². The van der Waals surface area contributed by atoms with Gasteiger partial charge in [-0.3, -0.25) is 14.4 Å². The van der Waals surface area contributed by atoms with E-state index in [1.807, 2.05) is 72.8 Å². The third-order valence-corrected chi connectivity index (χ3v) is 5.04. The maximum atomic E-state index is 11.4. The number of carbonyl (C=O) groups excluding carboxylic acids is 3. The first kappa shape index (κ1) is 19.2. The molecule has 0 fully saturated rings. The maximum absolute atomic E-state index is 11.4. The number of rotatable bonds is 6. The molecule has 3 heteroatoms. The SMILES string of the molecule is O=Cc1cccc(-c2cccc(-c3cccc(C=O)c3)c2-c2cccc(C=O)c2)c1. The Labute approximate surface area is 174 Å². The fraction of sp³-hybridized carbons (Fsp3) is 0. The summed E-state index contributed by atoms with van der Waals surface area (Å²) in [7, 11) is 0. The molecule has 30 heavy (non-hydrogen) atoms. The summed E-state index contributed by atoms with van der Waals surface area (Å²) in [6.45, 7) is 0. The monoisotopic (exact) mass is 390 g/mol. The number of aldehydes is 3. The van der Waals surface area contributed by atoms with Gasteiger partial charge in [-0.1, -0.05) is 72.8 Å². The molecule has 0 saturated carbocycles. The van der Waals surface area contributed by atoms with E-state index in [1.165, 1.54) is 0 Å². The van der Waals surface area contributed by atoms with Crippen LogP contribution in [-0.4, -0.2) is 18.9 Å². The molecule has 0 unspecified atom stereocenters. The van der Waals surface area contributed by atoms with E-state index in [2.05, 4.69) is 0 Å². The second-order valence-corrected chi connectivity index (χ2v) is 6.96. The Kier molecular flexibility index (Phi) is 5.44. The summed E-state index contributed by atoms with van der Waals surface area (Å²) in [6, 6.07) is 28.2. The molecule has 0 aliphatic carbocycles. The Morgan fingerprint density at radius 3 is 1.23 bits per heavy atom. The topological polar surface area (TPSA) is 51.2 Å². The van der Waals surface area contributed by atoms with Gasteiger partial charge in [0, 0.05) is 16.7 Å². The molecule has 0 atom stereocenters. The van der Waals surface area contributed by atoms with Crippen LogP contribution >= 0.6 is 0 Å². The van der Waals surface area contributed by atoms with Gasteiger partial charge < -0.3 is 0 Å². The second-order valence-electron chi connectivity index (χ2n) is 6.96. The molecule has 0 spiro atoms. The smallest absolute Gasteiger partial charge is 0.150 e. The first-order valence-electron chi connectivity index (χ1n) is 9.53. The first-order chi connectivity index (χ1) is 14.7. The molecule has 0 aliphatic rings. The fourth-order valence-electron chi connectivity index (χ4n) is 3.67. The number of hydrogen-bond donors (Lipinski definition) is 0. The molecule has 0 bridgehead atoms. The lowest BCUT2D eigenvalue weighted by Gasteiger charge is -2.17. The summed E-state index contributed by atoms with van der Waals surface area (Å²) < 4.78 is 0. The molecule has 4 rings (SSSR count). The van der Waals surface area contributed by atoms with Gasteiger partial charge in [0.2, 0.25) is 0 Å². The van der Waals surface area contributed by atoms with Crippen molar-refractivity contribution in [1.29, 1.82) is 0 Å². The summed E-state index contributed by atoms with van der Waals surface area (Å²) in [5, 5.41) is 0. The van der Waals surface area contributed by atoms with Crippen molar-refractivity contribution < 1.29 is 14.4 Å². The van der Waals surface area contributed by atoms with Crippen LogP contribution in [0.1, 0.15) is 31.1 Å². The summed E-state index contributed by atoms with van der Waals surface area (Å²) in [6.07, 6.45) is 2.48. The lowest BCUT2D eigenvalue weighted by atomic mass is 9.86. The van der Waals surface area contributed by atoms with Gasteiger partial charge in [0.1, 0.15) is 18.9 Å². The number of benzene rings is 4. The highest BCUT2D eigenvalue weighted by molar-refractivity contribution is 5.97. The Morgan fingerprint density at radius 2 is 0.800 bits per heavy atom. The predicted molar refractivity (Wildman–Crippen MR) is 119 cm³/mol. The molecule has 144 valence electrons. The molecular formula is C27H18O3. The molecule has 3 nitrogen and oxygen atoms in total. The van der Waals surface area contributed by atoms with Crippen molar-refractivity contribution in [3.63, 3.8) is 0 Å². The van der Waals surface area contributed by atoms with Crippen molar-refractivity contribution in [2.75, 3.05) is 0 Å². The predicted octanol–water partition coefficient (Wildman–Crippen LogP) is 6.13. The first-order valence-corrected chi connectivity index (χ1v) is 9.53. The molecule has 0 aliphatic heterocycles. The van der Waals surface area contributed by atoms with Crippen LogP contribution in [0.5, 0.6) is 0 Å². The van der Waals surface area contributed by atoms with E-state index in [-0.39, 0.29) is 0 Å². The highest BCUT2D eigenvalue weighted by Gasteiger charge is 2.15. The zero-order valence-electron chi connectivity index (χ0n) is 16.1. The minimum absolute atomic E-state index is 0.580. The number of hydrogen-bond acceptors (Lipinski definition) is 3. The van der Waals surface area contributed by atoms with Crippen molar-refractivity contribution in [3.8, 4) is 33.4 Å². The van der Waals surface area contributed by atoms with Gasteiger partial charge in [-0.15, -0.1) is 0 Å². The largest absolute Gasteiger partial charge is 0.298 e. The molecule has 0 heterocycles. The summed E-state index contributed by atoms with van der Waals surface area (Å²) in [5.41, 5.74) is 7.27. The van der Waals surface area contributed by atoms with Gasteiger partial charge in [-0.2, -0.15) is 0 Å². The van der Waals surface area contributed by atoms with E-state index in [0.717, 1.165) is 52.2 Å². The van der Waals surface area contributed by atoms with Gasteiger partial charge in [0.05, 0.1) is 0 Å². The summed E-state index contributed by atoms with van der Waals surface area (Å²) >= 11 is 0. The standard InChI is InChI=1S/C27H18O3/c28-16-19-5-1-8-22(13-19)25-11-4-12-26(23-9-2-6-20(14-23)17-29)27(25)24-10-3-7-21(15-24)18-30/h1-18H. The van der Waals surface area contributed by atoms with Gasteiger partial charge in [0.25, 0.3) is 0 Å². The van der Waals surface area contributed by atoms with Crippen LogP contribution in [0.25, 0.3) is 33.4 Å². The van der Waals surface area contributed by atoms with Crippen LogP contribution < -0.4 is 0 Å². The van der Waals surface area contributed by atoms with Crippen LogP contribution in [-0.2, 0) is 0 Å². The zero-order chi connectivity index (χ0) is 20.9. The lowest BCUT2D eigenvalue weighted by molar-refractivity contribution is 0.111. The van der Waals surface area contributed by atoms with Crippen molar-refractivity contribution in [3.05, 3.63) is 108 Å². The Balaban J connectivity index is 2.04. The highest BCUT2D eigenvalue weighted by Crippen LogP contribution is 2.40. The Hall–Kier alpha value is -4.11. The van der Waals surface area contributed by atoms with Gasteiger partial charge >= 0.3 is 0 Å². The zero-order valence-corrected chi connectivity index (χ0v) is 16.1. The summed E-state index contributed by atoms with van der Waals surface area (Å²) in [5.74, 6) is 0. The summed E-state index contributed by atoms with van der Waals surface area (Å²) in [4.78, 5) is 34.0. The minimum Gasteiger partial charge on any atom is -0.298 e. The quantitative estimate of drug-likeness (QED) is 0.372. The van der Waals surface area contributed by atoms with E-state index in [0.29, 0.717) is 16.7 Å². The third-order valence-electron chi connectivity index (χ3n) is 5.04. The minimum atomic E-state index is 0.580. The highest BCUT2D eigenvalue weighted by atomic mass is 16.1. The molecule has 0 saturated heterocycles. The van der Waals surface area contributed by atoms with E-state index in [1.54, 1.807) is 18.2 Å². The van der Waals surface area contributed by atoms with E-state index in [4.69, 9.17) is 0 Å². The van der Waals surface area contributed by atoms with Crippen molar-refractivity contribution in [2.45, 2.75) is 0 Å². The van der Waals surface area contributed by atoms with Crippen LogP contribution in [0.2, 0.25) is 0 Å². The lowest BCUT2D eigenvalue weighted by Crippen LogP contribution is -1.93. The van der Waals surface area contributed by atoms with Gasteiger partial charge in [0.15, 0.2) is 0 Å². The Bertz CT molecular complexity index is 1180. The van der Waals surface area contributed by atoms with Crippen LogP contribution in [0, 0.1) is 0 Å². The van der Waals surface area contributed by atoms with Gasteiger partial charge in [-0.05, 0) is 51.6 Å². The van der Waals surface area contributed by atoms with Crippen molar-refractivity contribution in [1.82, 2.24) is 0 Å². The molecular weight excluding hydrogens is 372 g/mol.